The van der Waals surface area contributed by atoms with Gasteiger partial charge in [0.1, 0.15) is 5.69 Å². The standard InChI is InChI=1S/C11H20N4O3/c1-11(2,18-6-8(16)5-12)7-15-4-3-9(14-15)10(13)17/h3-4,8,16H,5-7,12H2,1-2H3,(H2,13,17)/t8-/m1/s1. The van der Waals surface area contributed by atoms with Gasteiger partial charge in [-0.15, -0.1) is 0 Å². The second-order valence-electron chi connectivity index (χ2n) is 4.72. The minimum Gasteiger partial charge on any atom is -0.389 e. The van der Waals surface area contributed by atoms with Crippen molar-refractivity contribution >= 4 is 5.91 Å². The van der Waals surface area contributed by atoms with Gasteiger partial charge >= 0.3 is 0 Å². The predicted molar refractivity (Wildman–Crippen MR) is 65.8 cm³/mol. The number of hydrogen-bond donors (Lipinski definition) is 3. The minimum atomic E-state index is -0.678. The van der Waals surface area contributed by atoms with Gasteiger partial charge in [-0.3, -0.25) is 9.48 Å². The summed E-state index contributed by atoms with van der Waals surface area (Å²) < 4.78 is 7.13. The Balaban J connectivity index is 2.55. The van der Waals surface area contributed by atoms with Crippen LogP contribution in [0.5, 0.6) is 0 Å². The first kappa shape index (κ1) is 14.6. The van der Waals surface area contributed by atoms with Crippen molar-refractivity contribution in [2.75, 3.05) is 13.2 Å². The molecule has 1 atom stereocenters. The number of hydrogen-bond acceptors (Lipinski definition) is 5. The molecule has 0 radical (unpaired) electrons. The summed E-state index contributed by atoms with van der Waals surface area (Å²) in [5, 5.41) is 13.3. The molecule has 1 heterocycles. The maximum Gasteiger partial charge on any atom is 0.269 e. The summed E-state index contributed by atoms with van der Waals surface area (Å²) in [6.45, 7) is 4.48. The Morgan fingerprint density at radius 2 is 2.33 bits per heavy atom. The van der Waals surface area contributed by atoms with Crippen LogP contribution in [0.2, 0.25) is 0 Å². The number of aliphatic hydroxyl groups is 1. The summed E-state index contributed by atoms with van der Waals surface area (Å²) in [4.78, 5) is 10.9. The zero-order valence-electron chi connectivity index (χ0n) is 10.7. The van der Waals surface area contributed by atoms with Crippen LogP contribution in [0.3, 0.4) is 0 Å². The van der Waals surface area contributed by atoms with E-state index in [9.17, 15) is 9.90 Å². The predicted octanol–water partition coefficient (Wildman–Crippen LogP) is -0.903. The maximum atomic E-state index is 10.9. The molecular weight excluding hydrogens is 236 g/mol. The lowest BCUT2D eigenvalue weighted by atomic mass is 10.1. The maximum absolute atomic E-state index is 10.9. The first-order valence-corrected chi connectivity index (χ1v) is 5.69. The molecule has 0 unspecified atom stereocenters. The monoisotopic (exact) mass is 256 g/mol. The lowest BCUT2D eigenvalue weighted by Crippen LogP contribution is -2.36. The molecule has 5 N–H and O–H groups in total. The average molecular weight is 256 g/mol. The van der Waals surface area contributed by atoms with Gasteiger partial charge in [-0.1, -0.05) is 0 Å². The zero-order valence-corrected chi connectivity index (χ0v) is 10.7. The van der Waals surface area contributed by atoms with Crippen molar-refractivity contribution in [3.63, 3.8) is 0 Å². The molecule has 0 aliphatic heterocycles. The van der Waals surface area contributed by atoms with E-state index in [0.717, 1.165) is 0 Å². The molecule has 0 aliphatic carbocycles. The molecule has 0 saturated carbocycles. The molecule has 0 fully saturated rings. The molecule has 1 amide bonds. The van der Waals surface area contributed by atoms with Gasteiger partial charge in [-0.2, -0.15) is 5.10 Å². The molecule has 1 rings (SSSR count). The van der Waals surface area contributed by atoms with Gasteiger partial charge in [-0.25, -0.2) is 0 Å². The first-order valence-electron chi connectivity index (χ1n) is 5.69. The number of nitrogens with zero attached hydrogens (tertiary/aromatic N) is 2. The fourth-order valence-corrected chi connectivity index (χ4v) is 1.41. The van der Waals surface area contributed by atoms with Gasteiger partial charge in [0.2, 0.25) is 0 Å². The van der Waals surface area contributed by atoms with Crippen LogP contribution in [0.4, 0.5) is 0 Å². The number of aliphatic hydroxyl groups excluding tert-OH is 1. The minimum absolute atomic E-state index is 0.156. The molecule has 0 aromatic carbocycles. The van der Waals surface area contributed by atoms with E-state index in [2.05, 4.69) is 5.10 Å². The topological polar surface area (TPSA) is 116 Å². The fourth-order valence-electron chi connectivity index (χ4n) is 1.41. The van der Waals surface area contributed by atoms with E-state index in [1.807, 2.05) is 13.8 Å². The Kier molecular flexibility index (Phi) is 4.83. The first-order chi connectivity index (χ1) is 8.34. The lowest BCUT2D eigenvalue weighted by Gasteiger charge is -2.26. The summed E-state index contributed by atoms with van der Waals surface area (Å²) in [7, 11) is 0. The number of carbonyl (C=O) groups excluding carboxylic acids is 1. The Labute approximate surface area is 106 Å². The van der Waals surface area contributed by atoms with Crippen molar-refractivity contribution < 1.29 is 14.6 Å². The number of nitrogens with two attached hydrogens (primary N) is 2. The van der Waals surface area contributed by atoms with Crippen LogP contribution < -0.4 is 11.5 Å². The molecule has 1 aromatic rings. The molecule has 7 nitrogen and oxygen atoms in total. The van der Waals surface area contributed by atoms with E-state index in [0.29, 0.717) is 6.54 Å². The third kappa shape index (κ3) is 4.44. The summed E-state index contributed by atoms with van der Waals surface area (Å²) in [6.07, 6.45) is 0.980. The van der Waals surface area contributed by atoms with E-state index in [-0.39, 0.29) is 18.8 Å². The second-order valence-corrected chi connectivity index (χ2v) is 4.72. The SMILES string of the molecule is CC(C)(Cn1ccc(C(N)=O)n1)OC[C@H](O)CN. The van der Waals surface area contributed by atoms with Gasteiger partial charge in [0.15, 0.2) is 0 Å². The molecule has 102 valence electrons. The van der Waals surface area contributed by atoms with E-state index in [4.69, 9.17) is 16.2 Å². The van der Waals surface area contributed by atoms with E-state index in [1.54, 1.807) is 16.9 Å². The van der Waals surface area contributed by atoms with Crippen molar-refractivity contribution in [2.24, 2.45) is 11.5 Å². The van der Waals surface area contributed by atoms with Crippen LogP contribution in [0.15, 0.2) is 12.3 Å². The van der Waals surface area contributed by atoms with Crippen molar-refractivity contribution in [3.8, 4) is 0 Å². The Morgan fingerprint density at radius 1 is 1.67 bits per heavy atom. The number of aromatic nitrogens is 2. The van der Waals surface area contributed by atoms with Gasteiger partial charge in [0.25, 0.3) is 5.91 Å². The van der Waals surface area contributed by atoms with E-state index in [1.165, 1.54) is 0 Å². The average Bonchev–Trinajstić information content (AvgIpc) is 2.73. The Bertz CT molecular complexity index is 403. The molecule has 7 heteroatoms. The number of rotatable bonds is 7. The number of carbonyl (C=O) groups is 1. The summed E-state index contributed by atoms with van der Waals surface area (Å²) >= 11 is 0. The number of primary amides is 1. The lowest BCUT2D eigenvalue weighted by molar-refractivity contribution is -0.0668. The van der Waals surface area contributed by atoms with Crippen LogP contribution in [0.25, 0.3) is 0 Å². The summed E-state index contributed by atoms with van der Waals surface area (Å²) in [5.74, 6) is -0.564. The normalized spacial score (nSPS) is 13.6. The zero-order chi connectivity index (χ0) is 13.8. The highest BCUT2D eigenvalue weighted by molar-refractivity contribution is 5.90. The highest BCUT2D eigenvalue weighted by Crippen LogP contribution is 2.12. The summed E-state index contributed by atoms with van der Waals surface area (Å²) in [6, 6.07) is 1.55. The number of ether oxygens (including phenoxy) is 1. The quantitative estimate of drug-likeness (QED) is 0.584. The molecule has 0 spiro atoms. The van der Waals surface area contributed by atoms with Gasteiger partial charge in [0, 0.05) is 12.7 Å². The Morgan fingerprint density at radius 3 is 2.83 bits per heavy atom. The van der Waals surface area contributed by atoms with Crippen LogP contribution >= 0.6 is 0 Å². The second kappa shape index (κ2) is 5.94. The summed E-state index contributed by atoms with van der Waals surface area (Å²) in [5.41, 5.74) is 10.1. The van der Waals surface area contributed by atoms with E-state index >= 15 is 0 Å². The number of amides is 1. The molecule has 18 heavy (non-hydrogen) atoms. The van der Waals surface area contributed by atoms with Crippen molar-refractivity contribution in [1.29, 1.82) is 0 Å². The van der Waals surface area contributed by atoms with Crippen LogP contribution in [-0.4, -0.2) is 45.7 Å². The van der Waals surface area contributed by atoms with Crippen molar-refractivity contribution in [2.45, 2.75) is 32.1 Å². The fraction of sp³-hybridized carbons (Fsp3) is 0.636. The van der Waals surface area contributed by atoms with Crippen molar-refractivity contribution in [3.05, 3.63) is 18.0 Å². The molecule has 0 bridgehead atoms. The largest absolute Gasteiger partial charge is 0.389 e. The third-order valence-corrected chi connectivity index (χ3v) is 2.37. The molecule has 0 saturated heterocycles. The smallest absolute Gasteiger partial charge is 0.269 e. The Hall–Kier alpha value is -1.44. The van der Waals surface area contributed by atoms with Crippen LogP contribution in [0, 0.1) is 0 Å². The highest BCUT2D eigenvalue weighted by atomic mass is 16.5. The van der Waals surface area contributed by atoms with Crippen LogP contribution in [-0.2, 0) is 11.3 Å². The molecular formula is C11H20N4O3. The van der Waals surface area contributed by atoms with Crippen LogP contribution in [0.1, 0.15) is 24.3 Å². The highest BCUT2D eigenvalue weighted by Gasteiger charge is 2.21. The molecule has 0 aliphatic rings. The van der Waals surface area contributed by atoms with Gasteiger partial charge < -0.3 is 21.3 Å². The van der Waals surface area contributed by atoms with Crippen molar-refractivity contribution in [1.82, 2.24) is 9.78 Å². The van der Waals surface area contributed by atoms with E-state index < -0.39 is 17.6 Å². The van der Waals surface area contributed by atoms with Gasteiger partial charge in [0.05, 0.1) is 24.9 Å². The molecule has 1 aromatic heterocycles. The third-order valence-electron chi connectivity index (χ3n) is 2.37. The van der Waals surface area contributed by atoms with Gasteiger partial charge in [-0.05, 0) is 19.9 Å².